The number of ether oxygens (including phenoxy) is 1. The molecule has 0 spiro atoms. The van der Waals surface area contributed by atoms with Gasteiger partial charge in [-0.3, -0.25) is 0 Å². The van der Waals surface area contributed by atoms with Crippen molar-refractivity contribution in [3.8, 4) is 16.3 Å². The van der Waals surface area contributed by atoms with Crippen LogP contribution in [0, 0.1) is 5.82 Å². The first-order chi connectivity index (χ1) is 10.3. The number of thiazole rings is 1. The Labute approximate surface area is 135 Å². The van der Waals surface area contributed by atoms with Crippen LogP contribution in [0.15, 0.2) is 18.3 Å². The van der Waals surface area contributed by atoms with Crippen molar-refractivity contribution in [2.45, 2.75) is 26.1 Å². The monoisotopic (exact) mass is 345 g/mol. The molecule has 0 aliphatic rings. The van der Waals surface area contributed by atoms with E-state index in [4.69, 9.17) is 21.4 Å². The minimum Gasteiger partial charge on any atom is -0.488 e. The topological polar surface area (TPSA) is 79.7 Å². The van der Waals surface area contributed by atoms with E-state index in [1.807, 2.05) is 0 Å². The van der Waals surface area contributed by atoms with Gasteiger partial charge in [-0.2, -0.15) is 0 Å². The number of benzene rings is 1. The molecule has 0 radical (unpaired) electrons. The highest BCUT2D eigenvalue weighted by Gasteiger charge is 2.21. The minimum absolute atomic E-state index is 0.00964. The zero-order chi connectivity index (χ0) is 16.4. The second-order valence-electron chi connectivity index (χ2n) is 4.67. The van der Waals surface area contributed by atoms with Crippen molar-refractivity contribution >= 4 is 28.9 Å². The number of carbonyl (C=O) groups is 1. The average molecular weight is 346 g/mol. The van der Waals surface area contributed by atoms with Crippen LogP contribution in [0.5, 0.6) is 5.75 Å². The summed E-state index contributed by atoms with van der Waals surface area (Å²) in [7, 11) is 0. The molecule has 1 aromatic carbocycles. The molecule has 22 heavy (non-hydrogen) atoms. The molecule has 2 rings (SSSR count). The molecular formula is C14H13ClFNO4S. The number of aliphatic hydroxyl groups is 1. The van der Waals surface area contributed by atoms with E-state index in [2.05, 4.69) is 4.98 Å². The number of aliphatic hydroxyl groups excluding tert-OH is 1. The summed E-state index contributed by atoms with van der Waals surface area (Å²) in [5, 5.41) is 18.8. The number of aromatic carboxylic acids is 1. The van der Waals surface area contributed by atoms with Crippen molar-refractivity contribution in [1.29, 1.82) is 0 Å². The molecule has 0 aliphatic carbocycles. The summed E-state index contributed by atoms with van der Waals surface area (Å²) in [6, 6.07) is 2.42. The Balaban J connectivity index is 2.52. The Kier molecular flexibility index (Phi) is 5.00. The van der Waals surface area contributed by atoms with Crippen molar-refractivity contribution in [3.63, 3.8) is 0 Å². The average Bonchev–Trinajstić information content (AvgIpc) is 2.86. The van der Waals surface area contributed by atoms with Gasteiger partial charge in [-0.15, -0.1) is 11.3 Å². The fraction of sp³-hybridized carbons (Fsp3) is 0.286. The van der Waals surface area contributed by atoms with Crippen LogP contribution in [0.4, 0.5) is 4.39 Å². The number of rotatable bonds is 5. The van der Waals surface area contributed by atoms with E-state index in [-0.39, 0.29) is 16.3 Å². The maximum atomic E-state index is 14.3. The highest BCUT2D eigenvalue weighted by atomic mass is 35.5. The van der Waals surface area contributed by atoms with Crippen LogP contribution in [0.1, 0.15) is 24.2 Å². The third-order valence-corrected chi connectivity index (χ3v) is 4.13. The highest BCUT2D eigenvalue weighted by molar-refractivity contribution is 7.18. The quantitative estimate of drug-likeness (QED) is 0.867. The van der Waals surface area contributed by atoms with Gasteiger partial charge in [-0.25, -0.2) is 14.2 Å². The molecule has 2 unspecified atom stereocenters. The van der Waals surface area contributed by atoms with E-state index in [1.165, 1.54) is 19.2 Å². The van der Waals surface area contributed by atoms with E-state index >= 15 is 0 Å². The van der Waals surface area contributed by atoms with Crippen LogP contribution < -0.4 is 4.74 Å². The minimum atomic E-state index is -1.42. The summed E-state index contributed by atoms with van der Waals surface area (Å²) in [5.41, 5.74) is -0.541. The normalized spacial score (nSPS) is 13.7. The molecule has 2 atom stereocenters. The predicted molar refractivity (Wildman–Crippen MR) is 81.2 cm³/mol. The van der Waals surface area contributed by atoms with E-state index in [0.717, 1.165) is 17.4 Å². The van der Waals surface area contributed by atoms with Gasteiger partial charge >= 0.3 is 5.97 Å². The van der Waals surface area contributed by atoms with E-state index in [1.54, 1.807) is 6.92 Å². The number of nitrogens with zero attached hydrogens (tertiary/aromatic N) is 1. The predicted octanol–water partition coefficient (Wildman–Crippen LogP) is 3.45. The fourth-order valence-corrected chi connectivity index (χ4v) is 2.59. The van der Waals surface area contributed by atoms with Gasteiger partial charge in [0.1, 0.15) is 27.0 Å². The van der Waals surface area contributed by atoms with Gasteiger partial charge in [0.05, 0.1) is 23.4 Å². The summed E-state index contributed by atoms with van der Waals surface area (Å²) >= 11 is 6.81. The molecule has 0 amide bonds. The number of aromatic nitrogens is 1. The van der Waals surface area contributed by atoms with Gasteiger partial charge in [0.2, 0.25) is 0 Å². The first-order valence-electron chi connectivity index (χ1n) is 6.33. The third kappa shape index (κ3) is 3.55. The zero-order valence-corrected chi connectivity index (χ0v) is 13.3. The van der Waals surface area contributed by atoms with Crippen LogP contribution in [-0.2, 0) is 0 Å². The Morgan fingerprint density at radius 3 is 2.64 bits per heavy atom. The molecule has 0 bridgehead atoms. The van der Waals surface area contributed by atoms with Gasteiger partial charge < -0.3 is 14.9 Å². The van der Waals surface area contributed by atoms with Crippen molar-refractivity contribution in [1.82, 2.24) is 4.98 Å². The second-order valence-corrected chi connectivity index (χ2v) is 6.33. The molecule has 5 nitrogen and oxygen atoms in total. The van der Waals surface area contributed by atoms with Crippen LogP contribution >= 0.6 is 22.9 Å². The Bertz CT molecular complexity index is 704. The molecule has 0 aliphatic heterocycles. The molecule has 2 N–H and O–H groups in total. The van der Waals surface area contributed by atoms with Gasteiger partial charge in [0.25, 0.3) is 0 Å². The Hall–Kier alpha value is -1.70. The number of carboxylic acids is 1. The molecular weight excluding hydrogens is 333 g/mol. The van der Waals surface area contributed by atoms with Crippen LogP contribution in [0.2, 0.25) is 4.34 Å². The summed E-state index contributed by atoms with van der Waals surface area (Å²) < 4.78 is 20.1. The molecule has 1 heterocycles. The molecule has 118 valence electrons. The standard InChI is InChI=1S/C14H13ClFNO4S/c1-6(18)7(2)21-8-3-9(13-17-5-11(15)22-13)12(16)10(4-8)14(19)20/h3-7,18H,1-2H3,(H,19,20). The van der Waals surface area contributed by atoms with Gasteiger partial charge in [-0.1, -0.05) is 11.6 Å². The smallest absolute Gasteiger partial charge is 0.338 e. The first kappa shape index (κ1) is 16.7. The summed E-state index contributed by atoms with van der Waals surface area (Å²) in [6.45, 7) is 3.15. The lowest BCUT2D eigenvalue weighted by molar-refractivity contribution is 0.0599. The molecule has 1 aromatic heterocycles. The van der Waals surface area contributed by atoms with Crippen molar-refractivity contribution < 1.29 is 24.1 Å². The number of hydrogen-bond donors (Lipinski definition) is 2. The lowest BCUT2D eigenvalue weighted by Crippen LogP contribution is -2.25. The summed E-state index contributed by atoms with van der Waals surface area (Å²) in [6.07, 6.45) is 0.00356. The van der Waals surface area contributed by atoms with Crippen molar-refractivity contribution in [2.24, 2.45) is 0 Å². The maximum Gasteiger partial charge on any atom is 0.338 e. The molecule has 2 aromatic rings. The lowest BCUT2D eigenvalue weighted by Gasteiger charge is -2.18. The SMILES string of the molecule is CC(O)C(C)Oc1cc(C(=O)O)c(F)c(-c2ncc(Cl)s2)c1. The highest BCUT2D eigenvalue weighted by Crippen LogP contribution is 2.34. The second kappa shape index (κ2) is 6.60. The largest absolute Gasteiger partial charge is 0.488 e. The van der Waals surface area contributed by atoms with Gasteiger partial charge in [0.15, 0.2) is 0 Å². The molecule has 0 saturated carbocycles. The van der Waals surface area contributed by atoms with E-state index in [9.17, 15) is 14.3 Å². The van der Waals surface area contributed by atoms with Crippen molar-refractivity contribution in [3.05, 3.63) is 34.0 Å². The van der Waals surface area contributed by atoms with Gasteiger partial charge in [0, 0.05) is 0 Å². The zero-order valence-electron chi connectivity index (χ0n) is 11.7. The van der Waals surface area contributed by atoms with Gasteiger partial charge in [-0.05, 0) is 26.0 Å². The van der Waals surface area contributed by atoms with E-state index < -0.39 is 29.6 Å². The molecule has 0 saturated heterocycles. The maximum absolute atomic E-state index is 14.3. The van der Waals surface area contributed by atoms with Crippen LogP contribution in [0.3, 0.4) is 0 Å². The first-order valence-corrected chi connectivity index (χ1v) is 7.52. The van der Waals surface area contributed by atoms with Crippen molar-refractivity contribution in [2.75, 3.05) is 0 Å². The summed E-state index contributed by atoms with van der Waals surface area (Å²) in [4.78, 5) is 15.1. The van der Waals surface area contributed by atoms with E-state index in [0.29, 0.717) is 4.34 Å². The molecule has 8 heteroatoms. The summed E-state index contributed by atoms with van der Waals surface area (Å²) in [5.74, 6) is -2.19. The Morgan fingerprint density at radius 1 is 1.45 bits per heavy atom. The number of halogens is 2. The lowest BCUT2D eigenvalue weighted by atomic mass is 10.1. The molecule has 0 fully saturated rings. The number of hydrogen-bond acceptors (Lipinski definition) is 5. The Morgan fingerprint density at radius 2 is 2.14 bits per heavy atom. The fourth-order valence-electron chi connectivity index (χ4n) is 1.67. The van der Waals surface area contributed by atoms with Crippen LogP contribution in [-0.4, -0.2) is 33.4 Å². The van der Waals surface area contributed by atoms with Crippen LogP contribution in [0.25, 0.3) is 10.6 Å². The number of carboxylic acid groups (broad SMARTS) is 1. The third-order valence-electron chi connectivity index (χ3n) is 2.99.